The Bertz CT molecular complexity index is 2300. The highest BCUT2D eigenvalue weighted by Crippen LogP contribution is 2.46. The minimum absolute atomic E-state index is 0.278. The van der Waals surface area contributed by atoms with Crippen LogP contribution in [-0.4, -0.2) is 45.8 Å². The van der Waals surface area contributed by atoms with E-state index in [2.05, 4.69) is 125 Å². The lowest BCUT2D eigenvalue weighted by atomic mass is 9.99. The average molecular weight is 835 g/mol. The SMILES string of the molecule is CC(C)(C)OC(=O)C(C)(C)Sc1nnc(Br)n1-c1ccc(C2CC2)c2ccccc12.S=c1[nH]nc(Br)n1-c1ccc(C2CC2)c2ccccc12. The molecule has 6 aromatic rings. The molecule has 2 saturated carbocycles. The number of esters is 1. The van der Waals surface area contributed by atoms with Gasteiger partial charge in [0.2, 0.25) is 14.2 Å². The zero-order chi connectivity index (χ0) is 35.4. The van der Waals surface area contributed by atoms with Crippen molar-refractivity contribution in [3.05, 3.63) is 98.2 Å². The van der Waals surface area contributed by atoms with E-state index in [-0.39, 0.29) is 5.97 Å². The van der Waals surface area contributed by atoms with Gasteiger partial charge in [-0.1, -0.05) is 72.4 Å². The van der Waals surface area contributed by atoms with E-state index < -0.39 is 10.3 Å². The molecular formula is C38H38Br2N6O2S2. The highest BCUT2D eigenvalue weighted by atomic mass is 79.9. The molecule has 8 nitrogen and oxygen atoms in total. The van der Waals surface area contributed by atoms with Crippen LogP contribution in [-0.2, 0) is 9.53 Å². The number of thioether (sulfide) groups is 1. The van der Waals surface area contributed by atoms with Gasteiger partial charge in [-0.3, -0.25) is 19.0 Å². The maximum Gasteiger partial charge on any atom is 0.322 e. The third kappa shape index (κ3) is 7.22. The lowest BCUT2D eigenvalue weighted by Crippen LogP contribution is -2.36. The Morgan fingerprint density at radius 1 is 0.760 bits per heavy atom. The summed E-state index contributed by atoms with van der Waals surface area (Å²) in [7, 11) is 0. The van der Waals surface area contributed by atoms with Crippen LogP contribution in [0.1, 0.15) is 83.3 Å². The van der Waals surface area contributed by atoms with Gasteiger partial charge in [0.25, 0.3) is 0 Å². The standard InChI is InChI=1S/C23H26BrN3O2S.C15H12BrN3S/c1-22(2,3)29-19(28)23(4,5)30-21-26-25-20(24)27(21)18-13-12-15(14-10-11-14)16-8-6-7-9-17(16)18;16-14-17-18-15(20)19(14)13-8-7-10(9-5-6-9)11-3-1-2-4-12(11)13/h6-9,12-14H,10-11H2,1-5H3;1-4,7-9H,5-6H2,(H,18,20). The molecule has 0 spiro atoms. The molecule has 50 heavy (non-hydrogen) atoms. The predicted octanol–water partition coefficient (Wildman–Crippen LogP) is 11.0. The number of aromatic amines is 1. The van der Waals surface area contributed by atoms with Crippen molar-refractivity contribution in [3.63, 3.8) is 0 Å². The lowest BCUT2D eigenvalue weighted by molar-refractivity contribution is -0.156. The number of hydrogen-bond acceptors (Lipinski definition) is 7. The zero-order valence-corrected chi connectivity index (χ0v) is 33.3. The Kier molecular flexibility index (Phi) is 9.59. The van der Waals surface area contributed by atoms with Crippen molar-refractivity contribution < 1.29 is 9.53 Å². The first-order chi connectivity index (χ1) is 23.8. The van der Waals surface area contributed by atoms with E-state index in [1.54, 1.807) is 0 Å². The smallest absolute Gasteiger partial charge is 0.322 e. The Morgan fingerprint density at radius 3 is 1.72 bits per heavy atom. The molecule has 0 saturated heterocycles. The van der Waals surface area contributed by atoms with Gasteiger partial charge in [-0.05, 0) is 150 Å². The van der Waals surface area contributed by atoms with Crippen LogP contribution in [0.25, 0.3) is 32.9 Å². The molecule has 0 amide bonds. The van der Waals surface area contributed by atoms with Crippen molar-refractivity contribution in [1.29, 1.82) is 0 Å². The molecule has 4 aromatic carbocycles. The quantitative estimate of drug-likeness (QED) is 0.0973. The number of hydrogen-bond donors (Lipinski definition) is 1. The molecule has 0 aliphatic heterocycles. The molecule has 0 bridgehead atoms. The summed E-state index contributed by atoms with van der Waals surface area (Å²) in [6, 6.07) is 25.7. The summed E-state index contributed by atoms with van der Waals surface area (Å²) in [5.74, 6) is 1.11. The number of benzene rings is 4. The number of fused-ring (bicyclic) bond motifs is 2. The fourth-order valence-corrected chi connectivity index (χ4v) is 8.48. The second kappa shape index (κ2) is 13.7. The van der Waals surface area contributed by atoms with Gasteiger partial charge in [-0.25, -0.2) is 0 Å². The second-order valence-corrected chi connectivity index (χ2v) is 17.7. The minimum Gasteiger partial charge on any atom is -0.459 e. The first-order valence-electron chi connectivity index (χ1n) is 16.7. The number of rotatable bonds is 7. The fourth-order valence-electron chi connectivity index (χ4n) is 6.18. The van der Waals surface area contributed by atoms with Crippen LogP contribution in [0.15, 0.2) is 87.4 Å². The second-order valence-electron chi connectivity index (χ2n) is 14.3. The number of H-pyrrole nitrogens is 1. The van der Waals surface area contributed by atoms with Crippen LogP contribution >= 0.6 is 55.8 Å². The largest absolute Gasteiger partial charge is 0.459 e. The Morgan fingerprint density at radius 2 is 1.26 bits per heavy atom. The van der Waals surface area contributed by atoms with E-state index >= 15 is 0 Å². The summed E-state index contributed by atoms with van der Waals surface area (Å²) in [5, 5.41) is 21.1. The van der Waals surface area contributed by atoms with Crippen molar-refractivity contribution in [2.45, 2.75) is 87.6 Å². The summed E-state index contributed by atoms with van der Waals surface area (Å²) in [4.78, 5) is 12.8. The van der Waals surface area contributed by atoms with E-state index in [1.165, 1.54) is 64.7 Å². The molecule has 1 N–H and O–H groups in total. The molecular weight excluding hydrogens is 796 g/mol. The van der Waals surface area contributed by atoms with Gasteiger partial charge in [0, 0.05) is 10.8 Å². The highest BCUT2D eigenvalue weighted by molar-refractivity contribution is 9.10. The highest BCUT2D eigenvalue weighted by Gasteiger charge is 2.36. The summed E-state index contributed by atoms with van der Waals surface area (Å²) >= 11 is 13.7. The van der Waals surface area contributed by atoms with Gasteiger partial charge in [0.15, 0.2) is 5.16 Å². The van der Waals surface area contributed by atoms with Crippen LogP contribution in [0.4, 0.5) is 0 Å². The van der Waals surface area contributed by atoms with Gasteiger partial charge < -0.3 is 4.74 Å². The Labute approximate surface area is 317 Å². The molecule has 258 valence electrons. The predicted molar refractivity (Wildman–Crippen MR) is 210 cm³/mol. The Balaban J connectivity index is 0.000000169. The van der Waals surface area contributed by atoms with E-state index in [0.29, 0.717) is 25.3 Å². The van der Waals surface area contributed by atoms with E-state index in [1.807, 2.05) is 43.8 Å². The molecule has 0 unspecified atom stereocenters. The Hall–Kier alpha value is -3.32. The lowest BCUT2D eigenvalue weighted by Gasteiger charge is -2.27. The van der Waals surface area contributed by atoms with Crippen LogP contribution in [0.5, 0.6) is 0 Å². The molecule has 12 heteroatoms. The summed E-state index contributed by atoms with van der Waals surface area (Å²) in [5.41, 5.74) is 4.38. The molecule has 2 fully saturated rings. The van der Waals surface area contributed by atoms with Crippen LogP contribution in [0, 0.1) is 4.77 Å². The van der Waals surface area contributed by atoms with E-state index in [4.69, 9.17) is 17.0 Å². The first-order valence-corrected chi connectivity index (χ1v) is 19.5. The molecule has 8 rings (SSSR count). The average Bonchev–Trinajstić information content (AvgIpc) is 4.01. The fraction of sp³-hybridized carbons (Fsp3) is 0.342. The topological polar surface area (TPSA) is 90.6 Å². The molecule has 0 atom stereocenters. The number of ether oxygens (including phenoxy) is 1. The van der Waals surface area contributed by atoms with Crippen molar-refractivity contribution in [3.8, 4) is 11.4 Å². The van der Waals surface area contributed by atoms with Gasteiger partial charge in [-0.2, -0.15) is 0 Å². The summed E-state index contributed by atoms with van der Waals surface area (Å²) < 4.78 is 10.6. The number of carbonyl (C=O) groups excluding carboxylic acids is 1. The number of carbonyl (C=O) groups is 1. The number of nitrogens with one attached hydrogen (secondary N) is 1. The van der Waals surface area contributed by atoms with Gasteiger partial charge >= 0.3 is 5.97 Å². The molecule has 2 aliphatic carbocycles. The van der Waals surface area contributed by atoms with Crippen molar-refractivity contribution in [2.24, 2.45) is 0 Å². The monoisotopic (exact) mass is 832 g/mol. The molecule has 2 aliphatic rings. The third-order valence-electron chi connectivity index (χ3n) is 8.85. The molecule has 2 aromatic heterocycles. The minimum atomic E-state index is -0.818. The van der Waals surface area contributed by atoms with Crippen molar-refractivity contribution in [2.75, 3.05) is 0 Å². The van der Waals surface area contributed by atoms with E-state index in [9.17, 15) is 4.79 Å². The number of halogens is 2. The third-order valence-corrected chi connectivity index (χ3v) is 11.3. The van der Waals surface area contributed by atoms with Gasteiger partial charge in [-0.15, -0.1) is 15.3 Å². The van der Waals surface area contributed by atoms with Crippen LogP contribution in [0.3, 0.4) is 0 Å². The van der Waals surface area contributed by atoms with Crippen LogP contribution in [0.2, 0.25) is 0 Å². The zero-order valence-electron chi connectivity index (χ0n) is 28.5. The molecule has 0 radical (unpaired) electrons. The van der Waals surface area contributed by atoms with Crippen molar-refractivity contribution in [1.82, 2.24) is 29.5 Å². The van der Waals surface area contributed by atoms with Gasteiger partial charge in [0.05, 0.1) is 11.4 Å². The first kappa shape index (κ1) is 35.1. The van der Waals surface area contributed by atoms with E-state index in [0.717, 1.165) is 22.7 Å². The maximum absolute atomic E-state index is 12.8. The summed E-state index contributed by atoms with van der Waals surface area (Å²) in [6.07, 6.45) is 5.12. The number of nitrogens with zero attached hydrogens (tertiary/aromatic N) is 5. The number of aromatic nitrogens is 6. The summed E-state index contributed by atoms with van der Waals surface area (Å²) in [6.45, 7) is 9.33. The normalized spacial score (nSPS) is 14.9. The van der Waals surface area contributed by atoms with Crippen LogP contribution < -0.4 is 0 Å². The van der Waals surface area contributed by atoms with Gasteiger partial charge in [0.1, 0.15) is 10.3 Å². The molecule has 2 heterocycles. The van der Waals surface area contributed by atoms with Crippen molar-refractivity contribution >= 4 is 83.4 Å². The maximum atomic E-state index is 12.8.